The molecule has 1 aliphatic heterocycles. The van der Waals surface area contributed by atoms with Crippen LogP contribution in [0.1, 0.15) is 0 Å². The van der Waals surface area contributed by atoms with Crippen molar-refractivity contribution >= 4 is 16.9 Å². The van der Waals surface area contributed by atoms with Crippen LogP contribution in [0.15, 0.2) is 30.5 Å². The van der Waals surface area contributed by atoms with Gasteiger partial charge in [0.1, 0.15) is 24.1 Å². The predicted molar refractivity (Wildman–Crippen MR) is 74.1 cm³/mol. The maximum absolute atomic E-state index is 12.1. The van der Waals surface area contributed by atoms with Gasteiger partial charge in [0.2, 0.25) is 0 Å². The lowest BCUT2D eigenvalue weighted by atomic mass is 9.99. The molecule has 2 aromatic rings. The number of aromatic hydroxyl groups is 1. The molecule has 1 aromatic heterocycles. The Morgan fingerprint density at radius 3 is 2.52 bits per heavy atom. The van der Waals surface area contributed by atoms with Crippen LogP contribution in [0.3, 0.4) is 0 Å². The highest BCUT2D eigenvalue weighted by Crippen LogP contribution is 2.26. The van der Waals surface area contributed by atoms with Gasteiger partial charge in [0.05, 0.1) is 11.7 Å². The molecule has 1 aromatic carbocycles. The minimum Gasteiger partial charge on any atom is -0.506 e. The van der Waals surface area contributed by atoms with Gasteiger partial charge in [-0.2, -0.15) is 4.73 Å². The number of rotatable bonds is 2. The van der Waals surface area contributed by atoms with Crippen LogP contribution in [-0.4, -0.2) is 66.9 Å². The van der Waals surface area contributed by atoms with Gasteiger partial charge < -0.3 is 35.1 Å². The fraction of sp³-hybridized carbons (Fsp3) is 0.357. The van der Waals surface area contributed by atoms with Gasteiger partial charge in [-0.05, 0) is 12.1 Å². The van der Waals surface area contributed by atoms with Crippen LogP contribution in [0.5, 0.6) is 5.75 Å². The number of nitrogens with zero attached hydrogens (tertiary/aromatic N) is 1. The highest BCUT2D eigenvalue weighted by Gasteiger charge is 2.47. The molecule has 0 radical (unpaired) electrons. The van der Waals surface area contributed by atoms with E-state index in [-0.39, 0.29) is 5.75 Å². The van der Waals surface area contributed by atoms with Gasteiger partial charge in [-0.3, -0.25) is 0 Å². The second kappa shape index (κ2) is 5.80. The molecule has 9 heteroatoms. The first kappa shape index (κ1) is 15.7. The molecule has 1 saturated heterocycles. The number of benzene rings is 1. The Kier molecular flexibility index (Phi) is 3.96. The van der Waals surface area contributed by atoms with Crippen LogP contribution in [0.4, 0.5) is 0 Å². The number of fused-ring (bicyclic) bond motifs is 1. The number of carbonyl (C=O) groups excluding carboxylic acids is 1. The van der Waals surface area contributed by atoms with Gasteiger partial charge in [-0.25, -0.2) is 4.79 Å². The lowest BCUT2D eigenvalue weighted by molar-refractivity contribution is -0.280. The Hall–Kier alpha value is -2.17. The Bertz CT molecular complexity index is 729. The second-order valence-electron chi connectivity index (χ2n) is 5.19. The number of aliphatic hydroxyl groups excluding tert-OH is 4. The summed E-state index contributed by atoms with van der Waals surface area (Å²) in [5.74, 6) is -1.22. The van der Waals surface area contributed by atoms with Crippen molar-refractivity contribution < 1.29 is 39.9 Å². The van der Waals surface area contributed by atoms with Crippen molar-refractivity contribution in [2.75, 3.05) is 0 Å². The van der Waals surface area contributed by atoms with Crippen molar-refractivity contribution in [3.8, 4) is 5.75 Å². The highest BCUT2D eigenvalue weighted by molar-refractivity contribution is 5.87. The summed E-state index contributed by atoms with van der Waals surface area (Å²) in [6, 6.07) is 6.57. The molecule has 23 heavy (non-hydrogen) atoms. The molecule has 0 amide bonds. The summed E-state index contributed by atoms with van der Waals surface area (Å²) in [6.45, 7) is 0. The van der Waals surface area contributed by atoms with Crippen LogP contribution in [0, 0.1) is 0 Å². The third-order valence-electron chi connectivity index (χ3n) is 3.67. The summed E-state index contributed by atoms with van der Waals surface area (Å²) in [6.07, 6.45) is -7.69. The fourth-order valence-electron chi connectivity index (χ4n) is 2.41. The van der Waals surface area contributed by atoms with E-state index in [2.05, 4.69) is 0 Å². The number of hydrogen-bond donors (Lipinski definition) is 5. The van der Waals surface area contributed by atoms with Crippen molar-refractivity contribution in [2.24, 2.45) is 0 Å². The van der Waals surface area contributed by atoms with E-state index in [1.807, 2.05) is 0 Å². The number of aromatic nitrogens is 1. The van der Waals surface area contributed by atoms with E-state index in [4.69, 9.17) is 9.57 Å². The Morgan fingerprint density at radius 2 is 1.78 bits per heavy atom. The number of hydrogen-bond acceptors (Lipinski definition) is 8. The molecular weight excluding hydrogens is 310 g/mol. The van der Waals surface area contributed by atoms with Crippen LogP contribution < -0.4 is 4.84 Å². The standard InChI is InChI=1S/C14H15NO8/c16-8-5-15(7-4-2-1-3-6(7)8)23-14(21)12-10(18)9(17)11(19)13(20)22-12/h1-5,9-13,16-20H/t9-,10-,11+,12-,13+/m0/s1. The predicted octanol–water partition coefficient (Wildman–Crippen LogP) is -1.90. The van der Waals surface area contributed by atoms with E-state index in [9.17, 15) is 30.3 Å². The molecular formula is C14H15NO8. The van der Waals surface area contributed by atoms with E-state index < -0.39 is 36.7 Å². The fourth-order valence-corrected chi connectivity index (χ4v) is 2.41. The number of para-hydroxylation sites is 1. The first-order valence-corrected chi connectivity index (χ1v) is 6.79. The topological polar surface area (TPSA) is 142 Å². The summed E-state index contributed by atoms with van der Waals surface area (Å²) < 4.78 is 5.76. The average Bonchev–Trinajstić information content (AvgIpc) is 2.85. The van der Waals surface area contributed by atoms with E-state index in [0.29, 0.717) is 10.9 Å². The molecule has 124 valence electrons. The Labute approximate surface area is 129 Å². The number of ether oxygens (including phenoxy) is 1. The third-order valence-corrected chi connectivity index (χ3v) is 3.67. The van der Waals surface area contributed by atoms with Crippen molar-refractivity contribution in [3.05, 3.63) is 30.5 Å². The molecule has 5 atom stereocenters. The summed E-state index contributed by atoms with van der Waals surface area (Å²) in [4.78, 5) is 17.1. The van der Waals surface area contributed by atoms with Gasteiger partial charge in [-0.15, -0.1) is 0 Å². The minimum absolute atomic E-state index is 0.117. The average molecular weight is 325 g/mol. The molecule has 0 aliphatic carbocycles. The SMILES string of the molecule is O=C(On1cc(O)c2ccccc21)[C@H]1O[C@@H](O)[C@H](O)[C@@H](O)[C@@H]1O. The molecule has 0 unspecified atom stereocenters. The normalized spacial score (nSPS) is 31.2. The second-order valence-corrected chi connectivity index (χ2v) is 5.19. The molecule has 5 N–H and O–H groups in total. The quantitative estimate of drug-likeness (QED) is 0.431. The van der Waals surface area contributed by atoms with Crippen LogP contribution in [0.2, 0.25) is 0 Å². The van der Waals surface area contributed by atoms with Crippen LogP contribution in [0.25, 0.3) is 10.9 Å². The van der Waals surface area contributed by atoms with Crippen molar-refractivity contribution in [1.29, 1.82) is 0 Å². The largest absolute Gasteiger partial charge is 0.506 e. The minimum atomic E-state index is -1.85. The molecule has 0 bridgehead atoms. The van der Waals surface area contributed by atoms with Gasteiger partial charge in [-0.1, -0.05) is 12.1 Å². The van der Waals surface area contributed by atoms with Gasteiger partial charge in [0, 0.05) is 5.39 Å². The van der Waals surface area contributed by atoms with E-state index in [1.165, 1.54) is 0 Å². The lowest BCUT2D eigenvalue weighted by Crippen LogP contribution is -2.60. The first-order chi connectivity index (χ1) is 10.9. The van der Waals surface area contributed by atoms with Gasteiger partial charge in [0.15, 0.2) is 12.4 Å². The third kappa shape index (κ3) is 2.64. The smallest absolute Gasteiger partial charge is 0.364 e. The molecule has 1 fully saturated rings. The van der Waals surface area contributed by atoms with Crippen LogP contribution >= 0.6 is 0 Å². The van der Waals surface area contributed by atoms with Crippen molar-refractivity contribution in [3.63, 3.8) is 0 Å². The zero-order chi connectivity index (χ0) is 16.7. The lowest BCUT2D eigenvalue weighted by Gasteiger charge is -2.36. The zero-order valence-corrected chi connectivity index (χ0v) is 11.7. The highest BCUT2D eigenvalue weighted by atomic mass is 16.7. The summed E-state index contributed by atoms with van der Waals surface area (Å²) >= 11 is 0. The first-order valence-electron chi connectivity index (χ1n) is 6.79. The molecule has 2 heterocycles. The molecule has 0 spiro atoms. The number of carbonyl (C=O) groups is 1. The molecule has 0 saturated carbocycles. The van der Waals surface area contributed by atoms with Crippen LogP contribution in [-0.2, 0) is 9.53 Å². The summed E-state index contributed by atoms with van der Waals surface area (Å²) in [7, 11) is 0. The zero-order valence-electron chi connectivity index (χ0n) is 11.7. The van der Waals surface area contributed by atoms with E-state index in [1.54, 1.807) is 24.3 Å². The molecule has 9 nitrogen and oxygen atoms in total. The monoisotopic (exact) mass is 325 g/mol. The number of aliphatic hydroxyl groups is 4. The van der Waals surface area contributed by atoms with E-state index in [0.717, 1.165) is 10.9 Å². The van der Waals surface area contributed by atoms with Crippen molar-refractivity contribution in [2.45, 2.75) is 30.7 Å². The maximum atomic E-state index is 12.1. The van der Waals surface area contributed by atoms with Gasteiger partial charge in [0.25, 0.3) is 0 Å². The Morgan fingerprint density at radius 1 is 1.09 bits per heavy atom. The van der Waals surface area contributed by atoms with E-state index >= 15 is 0 Å². The Balaban J connectivity index is 1.83. The molecule has 3 rings (SSSR count). The summed E-state index contributed by atoms with van der Waals surface area (Å²) in [5.41, 5.74) is 0.393. The summed E-state index contributed by atoms with van der Waals surface area (Å²) in [5, 5.41) is 48.4. The van der Waals surface area contributed by atoms with Gasteiger partial charge >= 0.3 is 5.97 Å². The van der Waals surface area contributed by atoms with Crippen molar-refractivity contribution in [1.82, 2.24) is 4.73 Å². The molecule has 1 aliphatic rings. The maximum Gasteiger partial charge on any atom is 0.364 e.